The van der Waals surface area contributed by atoms with Crippen molar-refractivity contribution >= 4 is 5.91 Å². The van der Waals surface area contributed by atoms with Crippen LogP contribution in [0.25, 0.3) is 0 Å². The van der Waals surface area contributed by atoms with E-state index >= 15 is 0 Å². The molecule has 96 valence electrons. The Hall–Kier alpha value is -1.86. The molecule has 1 aromatic carbocycles. The van der Waals surface area contributed by atoms with E-state index in [2.05, 4.69) is 18.3 Å². The Labute approximate surface area is 108 Å². The molecule has 1 aromatic rings. The average Bonchev–Trinajstić information content (AvgIpc) is 2.39. The van der Waals surface area contributed by atoms with Crippen LogP contribution in [0.4, 0.5) is 0 Å². The highest BCUT2D eigenvalue weighted by molar-refractivity contribution is 5.78. The van der Waals surface area contributed by atoms with Crippen molar-refractivity contribution in [3.63, 3.8) is 0 Å². The van der Waals surface area contributed by atoms with Crippen LogP contribution < -0.4 is 5.32 Å². The van der Waals surface area contributed by atoms with E-state index in [4.69, 9.17) is 5.26 Å². The minimum atomic E-state index is 0.101. The smallest absolute Gasteiger partial charge is 0.236 e. The van der Waals surface area contributed by atoms with E-state index in [9.17, 15) is 4.79 Å². The van der Waals surface area contributed by atoms with E-state index < -0.39 is 0 Å². The lowest BCUT2D eigenvalue weighted by Gasteiger charge is -2.22. The van der Waals surface area contributed by atoms with Gasteiger partial charge in [0.2, 0.25) is 5.91 Å². The zero-order valence-electron chi connectivity index (χ0n) is 10.9. The van der Waals surface area contributed by atoms with Gasteiger partial charge in [-0.05, 0) is 31.2 Å². The first kappa shape index (κ1) is 14.2. The molecule has 0 heterocycles. The molecule has 0 aromatic heterocycles. The van der Waals surface area contributed by atoms with E-state index in [0.717, 1.165) is 18.5 Å². The van der Waals surface area contributed by atoms with Crippen molar-refractivity contribution in [1.82, 2.24) is 10.2 Å². The number of nitriles is 1. The second kappa shape index (κ2) is 7.46. The Bertz CT molecular complexity index is 420. The van der Waals surface area contributed by atoms with Crippen LogP contribution in [-0.4, -0.2) is 30.9 Å². The Morgan fingerprint density at radius 2 is 2.06 bits per heavy atom. The number of carbonyl (C=O) groups excluding carboxylic acids is 1. The Morgan fingerprint density at radius 1 is 1.39 bits per heavy atom. The van der Waals surface area contributed by atoms with Crippen LogP contribution in [0.1, 0.15) is 24.5 Å². The van der Waals surface area contributed by atoms with Crippen molar-refractivity contribution in [1.29, 1.82) is 5.26 Å². The third-order valence-electron chi connectivity index (χ3n) is 2.63. The third-order valence-corrected chi connectivity index (χ3v) is 2.63. The minimum absolute atomic E-state index is 0.101. The lowest BCUT2D eigenvalue weighted by atomic mass is 10.1. The molecule has 1 rings (SSSR count). The van der Waals surface area contributed by atoms with E-state index in [1.807, 2.05) is 17.0 Å². The van der Waals surface area contributed by atoms with Crippen LogP contribution in [0.2, 0.25) is 0 Å². The highest BCUT2D eigenvalue weighted by Crippen LogP contribution is 2.07. The number of nitrogens with zero attached hydrogens (tertiary/aromatic N) is 2. The van der Waals surface area contributed by atoms with Crippen molar-refractivity contribution in [3.8, 4) is 6.07 Å². The normalized spacial score (nSPS) is 9.83. The molecule has 4 nitrogen and oxygen atoms in total. The molecule has 0 aliphatic rings. The maximum absolute atomic E-state index is 11.9. The summed E-state index contributed by atoms with van der Waals surface area (Å²) >= 11 is 0. The predicted octanol–water partition coefficient (Wildman–Crippen LogP) is 1.52. The summed E-state index contributed by atoms with van der Waals surface area (Å²) in [5.74, 6) is 0.101. The van der Waals surface area contributed by atoms with Gasteiger partial charge in [0.1, 0.15) is 0 Å². The summed E-state index contributed by atoms with van der Waals surface area (Å²) in [7, 11) is 1.77. The number of hydrogen-bond acceptors (Lipinski definition) is 3. The fourth-order valence-corrected chi connectivity index (χ4v) is 1.73. The maximum Gasteiger partial charge on any atom is 0.236 e. The molecular weight excluding hydrogens is 226 g/mol. The first-order chi connectivity index (χ1) is 8.71. The SMILES string of the molecule is CCCN(Cc1ccc(C#N)cc1)C(=O)CNC. The molecule has 1 amide bonds. The summed E-state index contributed by atoms with van der Waals surface area (Å²) in [4.78, 5) is 13.7. The van der Waals surface area contributed by atoms with Crippen molar-refractivity contribution in [2.45, 2.75) is 19.9 Å². The lowest BCUT2D eigenvalue weighted by Crippen LogP contribution is -2.37. The summed E-state index contributed by atoms with van der Waals surface area (Å²) < 4.78 is 0. The molecule has 0 unspecified atom stereocenters. The highest BCUT2D eigenvalue weighted by atomic mass is 16.2. The van der Waals surface area contributed by atoms with E-state index in [-0.39, 0.29) is 5.91 Å². The number of rotatable bonds is 6. The average molecular weight is 245 g/mol. The standard InChI is InChI=1S/C14H19N3O/c1-3-8-17(14(18)10-16-2)11-13-6-4-12(9-15)5-7-13/h4-7,16H,3,8,10-11H2,1-2H3. The molecule has 0 atom stereocenters. The van der Waals surface area contributed by atoms with Gasteiger partial charge in [0.25, 0.3) is 0 Å². The van der Waals surface area contributed by atoms with Crippen molar-refractivity contribution in [2.75, 3.05) is 20.1 Å². The molecular formula is C14H19N3O. The number of benzene rings is 1. The first-order valence-electron chi connectivity index (χ1n) is 6.12. The predicted molar refractivity (Wildman–Crippen MR) is 70.8 cm³/mol. The summed E-state index contributed by atoms with van der Waals surface area (Å²) in [6.07, 6.45) is 0.936. The van der Waals surface area contributed by atoms with Gasteiger partial charge >= 0.3 is 0 Å². The van der Waals surface area contributed by atoms with Gasteiger partial charge in [0, 0.05) is 13.1 Å². The zero-order chi connectivity index (χ0) is 13.4. The maximum atomic E-state index is 11.9. The third kappa shape index (κ3) is 4.19. The van der Waals surface area contributed by atoms with Crippen LogP contribution in [0.5, 0.6) is 0 Å². The Balaban J connectivity index is 2.70. The quantitative estimate of drug-likeness (QED) is 0.826. The number of amides is 1. The van der Waals surface area contributed by atoms with Crippen LogP contribution in [0.15, 0.2) is 24.3 Å². The second-order valence-corrected chi connectivity index (χ2v) is 4.15. The van der Waals surface area contributed by atoms with Gasteiger partial charge < -0.3 is 10.2 Å². The highest BCUT2D eigenvalue weighted by Gasteiger charge is 2.11. The molecule has 0 radical (unpaired) electrons. The van der Waals surface area contributed by atoms with Crippen LogP contribution >= 0.6 is 0 Å². The topological polar surface area (TPSA) is 56.1 Å². The summed E-state index contributed by atoms with van der Waals surface area (Å²) in [6, 6.07) is 9.44. The molecule has 0 fully saturated rings. The lowest BCUT2D eigenvalue weighted by molar-refractivity contribution is -0.130. The summed E-state index contributed by atoms with van der Waals surface area (Å²) in [5, 5.41) is 11.6. The van der Waals surface area contributed by atoms with Gasteiger partial charge in [0.05, 0.1) is 18.2 Å². The fraction of sp³-hybridized carbons (Fsp3) is 0.429. The minimum Gasteiger partial charge on any atom is -0.337 e. The molecule has 4 heteroatoms. The first-order valence-corrected chi connectivity index (χ1v) is 6.12. The second-order valence-electron chi connectivity index (χ2n) is 4.15. The number of hydrogen-bond donors (Lipinski definition) is 1. The van der Waals surface area contributed by atoms with E-state index in [1.54, 1.807) is 19.2 Å². The van der Waals surface area contributed by atoms with Crippen LogP contribution in [0, 0.1) is 11.3 Å². The van der Waals surface area contributed by atoms with Gasteiger partial charge in [-0.2, -0.15) is 5.26 Å². The van der Waals surface area contributed by atoms with Gasteiger partial charge in [0.15, 0.2) is 0 Å². The number of likely N-dealkylation sites (N-methyl/N-ethyl adjacent to an activating group) is 1. The molecule has 0 spiro atoms. The van der Waals surface area contributed by atoms with Gasteiger partial charge in [-0.15, -0.1) is 0 Å². The summed E-state index contributed by atoms with van der Waals surface area (Å²) in [5.41, 5.74) is 1.69. The molecule has 0 saturated carbocycles. The van der Waals surface area contributed by atoms with Crippen molar-refractivity contribution in [3.05, 3.63) is 35.4 Å². The number of nitrogens with one attached hydrogen (secondary N) is 1. The van der Waals surface area contributed by atoms with Gasteiger partial charge in [-0.1, -0.05) is 19.1 Å². The monoisotopic (exact) mass is 245 g/mol. The molecule has 0 aliphatic heterocycles. The molecule has 0 bridgehead atoms. The van der Waals surface area contributed by atoms with E-state index in [1.165, 1.54) is 0 Å². The molecule has 1 N–H and O–H groups in total. The molecule has 0 saturated heterocycles. The van der Waals surface area contributed by atoms with Crippen LogP contribution in [-0.2, 0) is 11.3 Å². The largest absolute Gasteiger partial charge is 0.337 e. The molecule has 18 heavy (non-hydrogen) atoms. The fourth-order valence-electron chi connectivity index (χ4n) is 1.73. The van der Waals surface area contributed by atoms with Crippen LogP contribution in [0.3, 0.4) is 0 Å². The van der Waals surface area contributed by atoms with E-state index in [0.29, 0.717) is 18.7 Å². The van der Waals surface area contributed by atoms with Crippen molar-refractivity contribution in [2.24, 2.45) is 0 Å². The van der Waals surface area contributed by atoms with Gasteiger partial charge in [-0.25, -0.2) is 0 Å². The Morgan fingerprint density at radius 3 is 2.56 bits per heavy atom. The Kier molecular flexibility index (Phi) is 5.89. The zero-order valence-corrected chi connectivity index (χ0v) is 10.9. The van der Waals surface area contributed by atoms with Gasteiger partial charge in [-0.3, -0.25) is 4.79 Å². The summed E-state index contributed by atoms with van der Waals surface area (Å²) in [6.45, 7) is 3.76. The van der Waals surface area contributed by atoms with Crippen molar-refractivity contribution < 1.29 is 4.79 Å². The number of carbonyl (C=O) groups is 1. The molecule has 0 aliphatic carbocycles.